The summed E-state index contributed by atoms with van der Waals surface area (Å²) < 4.78 is 0. The molecule has 0 aliphatic heterocycles. The fourth-order valence-electron chi connectivity index (χ4n) is 1.10. The number of likely N-dealkylation sites (N-methyl/N-ethyl adjacent to an activating group) is 1. The van der Waals surface area contributed by atoms with E-state index >= 15 is 0 Å². The molecule has 1 amide bonds. The highest BCUT2D eigenvalue weighted by Crippen LogP contribution is 2.13. The van der Waals surface area contributed by atoms with Gasteiger partial charge in [0.25, 0.3) is 0 Å². The Kier molecular flexibility index (Phi) is 4.54. The molecule has 1 aromatic carbocycles. The second-order valence-electron chi connectivity index (χ2n) is 3.70. The summed E-state index contributed by atoms with van der Waals surface area (Å²) in [5, 5.41) is 11.7. The number of carbonyl (C=O) groups is 1. The minimum Gasteiger partial charge on any atom is -0.508 e. The molecule has 0 saturated carbocycles. The quantitative estimate of drug-likeness (QED) is 0.596. The molecule has 1 rings (SSSR count). The first kappa shape index (κ1) is 12.3. The topological polar surface area (TPSA) is 52.6 Å². The van der Waals surface area contributed by atoms with Gasteiger partial charge in [0.05, 0.1) is 0 Å². The van der Waals surface area contributed by atoms with Crippen molar-refractivity contribution in [3.8, 4) is 5.75 Å². The van der Waals surface area contributed by atoms with E-state index in [0.717, 1.165) is 6.54 Å². The average molecular weight is 220 g/mol. The van der Waals surface area contributed by atoms with Crippen LogP contribution < -0.4 is 5.32 Å². The van der Waals surface area contributed by atoms with E-state index in [1.807, 2.05) is 19.0 Å². The number of nitrogens with one attached hydrogen (secondary N) is 1. The third-order valence-electron chi connectivity index (χ3n) is 1.87. The summed E-state index contributed by atoms with van der Waals surface area (Å²) >= 11 is 0. The van der Waals surface area contributed by atoms with Crippen molar-refractivity contribution >= 4 is 11.6 Å². The SMILES string of the molecule is CN(C)C/C=C/C(=O)Nc1ccc(O)cc1. The summed E-state index contributed by atoms with van der Waals surface area (Å²) in [4.78, 5) is 13.4. The molecule has 0 bridgehead atoms. The zero-order valence-corrected chi connectivity index (χ0v) is 9.47. The van der Waals surface area contributed by atoms with Gasteiger partial charge in [0.2, 0.25) is 5.91 Å². The Labute approximate surface area is 95.2 Å². The molecule has 0 aliphatic rings. The lowest BCUT2D eigenvalue weighted by Crippen LogP contribution is -2.12. The summed E-state index contributed by atoms with van der Waals surface area (Å²) in [5.74, 6) is 0.00805. The van der Waals surface area contributed by atoms with Gasteiger partial charge in [-0.05, 0) is 38.4 Å². The number of anilines is 1. The molecule has 4 nitrogen and oxygen atoms in total. The van der Waals surface area contributed by atoms with Crippen LogP contribution in [0.15, 0.2) is 36.4 Å². The lowest BCUT2D eigenvalue weighted by molar-refractivity contribution is -0.111. The third kappa shape index (κ3) is 4.61. The third-order valence-corrected chi connectivity index (χ3v) is 1.87. The van der Waals surface area contributed by atoms with Crippen LogP contribution >= 0.6 is 0 Å². The number of phenols is 1. The van der Waals surface area contributed by atoms with Crippen molar-refractivity contribution in [3.63, 3.8) is 0 Å². The van der Waals surface area contributed by atoms with Crippen LogP contribution in [-0.4, -0.2) is 36.6 Å². The number of phenolic OH excluding ortho intramolecular Hbond substituents is 1. The smallest absolute Gasteiger partial charge is 0.248 e. The van der Waals surface area contributed by atoms with Crippen LogP contribution in [0.25, 0.3) is 0 Å². The van der Waals surface area contributed by atoms with Crippen LogP contribution in [0.1, 0.15) is 0 Å². The number of rotatable bonds is 4. The van der Waals surface area contributed by atoms with Crippen molar-refractivity contribution < 1.29 is 9.90 Å². The van der Waals surface area contributed by atoms with E-state index in [4.69, 9.17) is 5.11 Å². The van der Waals surface area contributed by atoms with E-state index < -0.39 is 0 Å². The van der Waals surface area contributed by atoms with Gasteiger partial charge in [-0.25, -0.2) is 0 Å². The zero-order valence-electron chi connectivity index (χ0n) is 9.47. The fourth-order valence-corrected chi connectivity index (χ4v) is 1.10. The van der Waals surface area contributed by atoms with E-state index in [1.54, 1.807) is 18.2 Å². The van der Waals surface area contributed by atoms with Gasteiger partial charge in [0.15, 0.2) is 0 Å². The second kappa shape index (κ2) is 5.92. The number of amides is 1. The molecule has 2 N–H and O–H groups in total. The molecule has 0 aromatic heterocycles. The Bertz CT molecular complexity index is 369. The molecule has 4 heteroatoms. The van der Waals surface area contributed by atoms with Gasteiger partial charge in [-0.15, -0.1) is 0 Å². The molecule has 0 heterocycles. The molecular weight excluding hydrogens is 204 g/mol. The maximum atomic E-state index is 11.4. The normalized spacial score (nSPS) is 10.9. The van der Waals surface area contributed by atoms with Crippen molar-refractivity contribution in [2.75, 3.05) is 26.0 Å². The highest BCUT2D eigenvalue weighted by atomic mass is 16.3. The monoisotopic (exact) mass is 220 g/mol. The average Bonchev–Trinajstić information content (AvgIpc) is 2.21. The summed E-state index contributed by atoms with van der Waals surface area (Å²) in [6.45, 7) is 0.725. The van der Waals surface area contributed by atoms with Crippen LogP contribution in [0.3, 0.4) is 0 Å². The Morgan fingerprint density at radius 2 is 2.00 bits per heavy atom. The predicted molar refractivity (Wildman–Crippen MR) is 64.4 cm³/mol. The van der Waals surface area contributed by atoms with Crippen molar-refractivity contribution in [1.82, 2.24) is 4.90 Å². The first-order chi connectivity index (χ1) is 7.58. The number of carbonyl (C=O) groups excluding carboxylic acids is 1. The van der Waals surface area contributed by atoms with Crippen molar-refractivity contribution in [3.05, 3.63) is 36.4 Å². The molecule has 86 valence electrons. The molecule has 1 aromatic rings. The van der Waals surface area contributed by atoms with Crippen LogP contribution in [0.2, 0.25) is 0 Å². The minimum atomic E-state index is -0.174. The van der Waals surface area contributed by atoms with Crippen LogP contribution in [0.4, 0.5) is 5.69 Å². The molecule has 0 fully saturated rings. The van der Waals surface area contributed by atoms with Crippen LogP contribution in [-0.2, 0) is 4.79 Å². The Morgan fingerprint density at radius 1 is 1.38 bits per heavy atom. The number of hydrogen-bond acceptors (Lipinski definition) is 3. The van der Waals surface area contributed by atoms with Gasteiger partial charge in [0.1, 0.15) is 5.75 Å². The maximum absolute atomic E-state index is 11.4. The Balaban J connectivity index is 2.45. The standard InChI is InChI=1S/C12H16N2O2/c1-14(2)9-3-4-12(16)13-10-5-7-11(15)8-6-10/h3-8,15H,9H2,1-2H3,(H,13,16)/b4-3+. The van der Waals surface area contributed by atoms with E-state index in [9.17, 15) is 4.79 Å². The predicted octanol–water partition coefficient (Wildman–Crippen LogP) is 1.45. The molecule has 16 heavy (non-hydrogen) atoms. The summed E-state index contributed by atoms with van der Waals surface area (Å²) in [5.41, 5.74) is 0.664. The lowest BCUT2D eigenvalue weighted by Gasteiger charge is -2.04. The van der Waals surface area contributed by atoms with Crippen molar-refractivity contribution in [1.29, 1.82) is 0 Å². The minimum absolute atomic E-state index is 0.174. The first-order valence-corrected chi connectivity index (χ1v) is 4.99. The van der Waals surface area contributed by atoms with E-state index in [2.05, 4.69) is 5.32 Å². The summed E-state index contributed by atoms with van der Waals surface area (Å²) in [7, 11) is 3.87. The van der Waals surface area contributed by atoms with Gasteiger partial charge >= 0.3 is 0 Å². The molecule has 0 radical (unpaired) electrons. The number of benzene rings is 1. The number of nitrogens with zero attached hydrogens (tertiary/aromatic N) is 1. The summed E-state index contributed by atoms with van der Waals surface area (Å²) in [6.07, 6.45) is 3.28. The Hall–Kier alpha value is -1.81. The largest absolute Gasteiger partial charge is 0.508 e. The van der Waals surface area contributed by atoms with E-state index in [-0.39, 0.29) is 11.7 Å². The van der Waals surface area contributed by atoms with Gasteiger partial charge < -0.3 is 15.3 Å². The first-order valence-electron chi connectivity index (χ1n) is 4.99. The van der Waals surface area contributed by atoms with Gasteiger partial charge in [-0.1, -0.05) is 6.08 Å². The Morgan fingerprint density at radius 3 is 2.56 bits per heavy atom. The van der Waals surface area contributed by atoms with Crippen molar-refractivity contribution in [2.45, 2.75) is 0 Å². The molecule has 0 saturated heterocycles. The van der Waals surface area contributed by atoms with Gasteiger partial charge in [-0.3, -0.25) is 4.79 Å². The molecule has 0 atom stereocenters. The number of hydrogen-bond donors (Lipinski definition) is 2. The van der Waals surface area contributed by atoms with E-state index in [1.165, 1.54) is 18.2 Å². The van der Waals surface area contributed by atoms with Gasteiger partial charge in [0, 0.05) is 18.3 Å². The van der Waals surface area contributed by atoms with Gasteiger partial charge in [-0.2, -0.15) is 0 Å². The number of aromatic hydroxyl groups is 1. The van der Waals surface area contributed by atoms with E-state index in [0.29, 0.717) is 5.69 Å². The fraction of sp³-hybridized carbons (Fsp3) is 0.250. The zero-order chi connectivity index (χ0) is 12.0. The lowest BCUT2D eigenvalue weighted by atomic mass is 10.3. The molecule has 0 aliphatic carbocycles. The molecule has 0 unspecified atom stereocenters. The van der Waals surface area contributed by atoms with Crippen molar-refractivity contribution in [2.24, 2.45) is 0 Å². The maximum Gasteiger partial charge on any atom is 0.248 e. The second-order valence-corrected chi connectivity index (χ2v) is 3.70. The van der Waals surface area contributed by atoms with Crippen LogP contribution in [0, 0.1) is 0 Å². The highest BCUT2D eigenvalue weighted by Gasteiger charge is 1.97. The highest BCUT2D eigenvalue weighted by molar-refractivity contribution is 5.99. The van der Waals surface area contributed by atoms with Crippen LogP contribution in [0.5, 0.6) is 5.75 Å². The molecular formula is C12H16N2O2. The molecule has 0 spiro atoms. The summed E-state index contributed by atoms with van der Waals surface area (Å²) in [6, 6.07) is 6.35.